The van der Waals surface area contributed by atoms with Crippen molar-refractivity contribution >= 4 is 0 Å². The fourth-order valence-electron chi connectivity index (χ4n) is 3.03. The van der Waals surface area contributed by atoms with E-state index in [1.807, 2.05) is 0 Å². The lowest BCUT2D eigenvalue weighted by Crippen LogP contribution is -2.15. The van der Waals surface area contributed by atoms with Crippen LogP contribution >= 0.6 is 0 Å². The minimum absolute atomic E-state index is 0.108. The highest BCUT2D eigenvalue weighted by molar-refractivity contribution is 5.67. The normalized spacial score (nSPS) is 17.4. The van der Waals surface area contributed by atoms with E-state index in [1.54, 1.807) is 30.1 Å². The molecule has 0 radical (unpaired) electrons. The van der Waals surface area contributed by atoms with Crippen molar-refractivity contribution in [2.75, 3.05) is 13.2 Å². The van der Waals surface area contributed by atoms with Gasteiger partial charge in [0.15, 0.2) is 6.61 Å². The zero-order valence-corrected chi connectivity index (χ0v) is 14.4. The summed E-state index contributed by atoms with van der Waals surface area (Å²) in [5, 5.41) is 12.3. The molecule has 0 spiro atoms. The van der Waals surface area contributed by atoms with E-state index in [9.17, 15) is 4.39 Å². The molecular formula is C18H19FN4O3. The molecule has 1 fully saturated rings. The van der Waals surface area contributed by atoms with Crippen LogP contribution in [-0.2, 0) is 18.4 Å². The molecule has 1 atom stereocenters. The van der Waals surface area contributed by atoms with Gasteiger partial charge in [0.25, 0.3) is 5.89 Å². The van der Waals surface area contributed by atoms with E-state index in [4.69, 9.17) is 13.9 Å². The van der Waals surface area contributed by atoms with Crippen LogP contribution in [0.4, 0.5) is 4.39 Å². The summed E-state index contributed by atoms with van der Waals surface area (Å²) in [7, 11) is 1.79. The van der Waals surface area contributed by atoms with Gasteiger partial charge in [-0.25, -0.2) is 4.39 Å². The Bertz CT molecular complexity index is 886. The maximum atomic E-state index is 13.7. The molecule has 1 aromatic carbocycles. The molecule has 2 aromatic heterocycles. The van der Waals surface area contributed by atoms with Gasteiger partial charge in [-0.2, -0.15) is 5.10 Å². The van der Waals surface area contributed by atoms with Crippen molar-refractivity contribution < 1.29 is 18.3 Å². The summed E-state index contributed by atoms with van der Waals surface area (Å²) in [5.41, 5.74) is 1.37. The number of ether oxygens (including phenoxy) is 2. The van der Waals surface area contributed by atoms with Crippen LogP contribution in [0.3, 0.4) is 0 Å². The summed E-state index contributed by atoms with van der Waals surface area (Å²) in [5.74, 6) is 1.28. The van der Waals surface area contributed by atoms with Gasteiger partial charge in [0.05, 0.1) is 18.2 Å². The second-order valence-corrected chi connectivity index (χ2v) is 6.22. The molecule has 1 aliphatic heterocycles. The summed E-state index contributed by atoms with van der Waals surface area (Å²) < 4.78 is 32.3. The third kappa shape index (κ3) is 3.45. The second kappa shape index (κ2) is 7.25. The SMILES string of the molecule is Cn1nccc1-c1cc(F)ccc1OCc1nnc(C2CCCOC2)o1. The van der Waals surface area contributed by atoms with Crippen LogP contribution in [-0.4, -0.2) is 33.2 Å². The van der Waals surface area contributed by atoms with Crippen molar-refractivity contribution in [2.24, 2.45) is 7.05 Å². The molecule has 1 unspecified atom stereocenters. The summed E-state index contributed by atoms with van der Waals surface area (Å²) in [6, 6.07) is 6.16. The highest BCUT2D eigenvalue weighted by Crippen LogP contribution is 2.31. The first kappa shape index (κ1) is 16.7. The average molecular weight is 358 g/mol. The number of halogens is 1. The number of rotatable bonds is 5. The maximum absolute atomic E-state index is 13.7. The van der Waals surface area contributed by atoms with Gasteiger partial charge in [-0.3, -0.25) is 4.68 Å². The van der Waals surface area contributed by atoms with Crippen LogP contribution in [0, 0.1) is 5.82 Å². The fourth-order valence-corrected chi connectivity index (χ4v) is 3.03. The van der Waals surface area contributed by atoms with Gasteiger partial charge in [0.1, 0.15) is 11.6 Å². The Hall–Kier alpha value is -2.74. The van der Waals surface area contributed by atoms with Gasteiger partial charge in [0.2, 0.25) is 5.89 Å². The van der Waals surface area contributed by atoms with Crippen LogP contribution in [0.2, 0.25) is 0 Å². The van der Waals surface area contributed by atoms with E-state index in [0.29, 0.717) is 29.7 Å². The smallest absolute Gasteiger partial charge is 0.253 e. The van der Waals surface area contributed by atoms with Gasteiger partial charge >= 0.3 is 0 Å². The molecule has 26 heavy (non-hydrogen) atoms. The van der Waals surface area contributed by atoms with Crippen LogP contribution in [0.1, 0.15) is 30.5 Å². The molecule has 136 valence electrons. The molecule has 3 heterocycles. The van der Waals surface area contributed by atoms with Crippen molar-refractivity contribution in [1.82, 2.24) is 20.0 Å². The quantitative estimate of drug-likeness (QED) is 0.698. The third-order valence-corrected chi connectivity index (χ3v) is 4.38. The summed E-state index contributed by atoms with van der Waals surface area (Å²) in [6.07, 6.45) is 3.62. The Balaban J connectivity index is 1.50. The molecular weight excluding hydrogens is 339 g/mol. The number of nitrogens with zero attached hydrogens (tertiary/aromatic N) is 4. The van der Waals surface area contributed by atoms with Gasteiger partial charge in [-0.05, 0) is 37.1 Å². The molecule has 0 N–H and O–H groups in total. The Labute approximate surface area is 149 Å². The highest BCUT2D eigenvalue weighted by atomic mass is 19.1. The van der Waals surface area contributed by atoms with E-state index >= 15 is 0 Å². The van der Waals surface area contributed by atoms with Crippen molar-refractivity contribution in [3.05, 3.63) is 48.1 Å². The van der Waals surface area contributed by atoms with Gasteiger partial charge in [-0.15, -0.1) is 10.2 Å². The highest BCUT2D eigenvalue weighted by Gasteiger charge is 2.22. The van der Waals surface area contributed by atoms with Crippen molar-refractivity contribution in [1.29, 1.82) is 0 Å². The zero-order chi connectivity index (χ0) is 17.9. The molecule has 0 aliphatic carbocycles. The molecule has 0 saturated carbocycles. The first-order valence-electron chi connectivity index (χ1n) is 8.51. The minimum Gasteiger partial charge on any atom is -0.483 e. The van der Waals surface area contributed by atoms with Crippen LogP contribution in [0.5, 0.6) is 5.75 Å². The molecule has 1 aliphatic rings. The minimum atomic E-state index is -0.342. The van der Waals surface area contributed by atoms with Crippen LogP contribution < -0.4 is 4.74 Å². The van der Waals surface area contributed by atoms with E-state index in [1.165, 1.54) is 12.1 Å². The van der Waals surface area contributed by atoms with E-state index in [0.717, 1.165) is 25.1 Å². The monoisotopic (exact) mass is 358 g/mol. The first-order valence-corrected chi connectivity index (χ1v) is 8.51. The van der Waals surface area contributed by atoms with Crippen molar-refractivity contribution in [3.8, 4) is 17.0 Å². The van der Waals surface area contributed by atoms with Crippen LogP contribution in [0.25, 0.3) is 11.3 Å². The molecule has 7 nitrogen and oxygen atoms in total. The lowest BCUT2D eigenvalue weighted by atomic mass is 10.0. The van der Waals surface area contributed by atoms with E-state index < -0.39 is 0 Å². The number of hydrogen-bond donors (Lipinski definition) is 0. The predicted molar refractivity (Wildman–Crippen MR) is 90.0 cm³/mol. The standard InChI is InChI=1S/C18H19FN4O3/c1-23-15(6-7-20-23)14-9-13(19)4-5-16(14)25-11-17-21-22-18(26-17)12-3-2-8-24-10-12/h4-7,9,12H,2-3,8,10-11H2,1H3. The topological polar surface area (TPSA) is 75.2 Å². The largest absolute Gasteiger partial charge is 0.483 e. The molecule has 8 heteroatoms. The molecule has 0 amide bonds. The van der Waals surface area contributed by atoms with E-state index in [2.05, 4.69) is 15.3 Å². The number of hydrogen-bond acceptors (Lipinski definition) is 6. The summed E-state index contributed by atoms with van der Waals surface area (Å²) in [4.78, 5) is 0. The molecule has 3 aromatic rings. The summed E-state index contributed by atoms with van der Waals surface area (Å²) >= 11 is 0. The number of aryl methyl sites for hydroxylation is 1. The molecule has 1 saturated heterocycles. The van der Waals surface area contributed by atoms with Gasteiger partial charge in [0, 0.05) is 25.4 Å². The average Bonchev–Trinajstić information content (AvgIpc) is 3.30. The predicted octanol–water partition coefficient (Wildman–Crippen LogP) is 3.08. The Kier molecular flexibility index (Phi) is 4.66. The van der Waals surface area contributed by atoms with Crippen molar-refractivity contribution in [2.45, 2.75) is 25.4 Å². The van der Waals surface area contributed by atoms with Gasteiger partial charge in [-0.1, -0.05) is 0 Å². The molecule has 4 rings (SSSR count). The Morgan fingerprint density at radius 1 is 1.31 bits per heavy atom. The first-order chi connectivity index (χ1) is 12.7. The van der Waals surface area contributed by atoms with E-state index in [-0.39, 0.29) is 18.3 Å². The van der Waals surface area contributed by atoms with Crippen LogP contribution in [0.15, 0.2) is 34.9 Å². The third-order valence-electron chi connectivity index (χ3n) is 4.38. The Morgan fingerprint density at radius 2 is 2.23 bits per heavy atom. The maximum Gasteiger partial charge on any atom is 0.253 e. The second-order valence-electron chi connectivity index (χ2n) is 6.22. The fraction of sp³-hybridized carbons (Fsp3) is 0.389. The van der Waals surface area contributed by atoms with Crippen molar-refractivity contribution in [3.63, 3.8) is 0 Å². The number of aromatic nitrogens is 4. The zero-order valence-electron chi connectivity index (χ0n) is 14.4. The Morgan fingerprint density at radius 3 is 3.00 bits per heavy atom. The van der Waals surface area contributed by atoms with Gasteiger partial charge < -0.3 is 13.9 Å². The lowest BCUT2D eigenvalue weighted by molar-refractivity contribution is 0.0717. The lowest BCUT2D eigenvalue weighted by Gasteiger charge is -2.18. The number of benzene rings is 1. The summed E-state index contributed by atoms with van der Waals surface area (Å²) in [6.45, 7) is 1.49. The molecule has 0 bridgehead atoms.